The van der Waals surface area contributed by atoms with E-state index >= 15 is 0 Å². The zero-order valence-electron chi connectivity index (χ0n) is 19.3. The molecule has 1 saturated heterocycles. The van der Waals surface area contributed by atoms with Gasteiger partial charge in [-0.1, -0.05) is 6.92 Å². The average molecular weight is 455 g/mol. The number of aromatic nitrogens is 2. The van der Waals surface area contributed by atoms with Crippen LogP contribution in [-0.4, -0.2) is 46.5 Å². The molecule has 33 heavy (non-hydrogen) atoms. The first kappa shape index (κ1) is 24.2. The third-order valence-electron chi connectivity index (χ3n) is 5.72. The van der Waals surface area contributed by atoms with Gasteiger partial charge in [0.1, 0.15) is 5.82 Å². The molecule has 0 unspecified atom stereocenters. The van der Waals surface area contributed by atoms with Crippen LogP contribution >= 0.6 is 0 Å². The van der Waals surface area contributed by atoms with Crippen LogP contribution in [0.15, 0.2) is 52.6 Å². The summed E-state index contributed by atoms with van der Waals surface area (Å²) >= 11 is 0. The first-order valence-corrected chi connectivity index (χ1v) is 11.1. The first-order chi connectivity index (χ1) is 15.9. The molecule has 1 fully saturated rings. The van der Waals surface area contributed by atoms with Crippen LogP contribution in [0.4, 0.5) is 16.0 Å². The highest BCUT2D eigenvalue weighted by Crippen LogP contribution is 2.21. The molecular formula is C23H31FN8O. The number of nitrogens with one attached hydrogen (secondary N) is 2. The number of carbonyl (C=O) groups is 1. The summed E-state index contributed by atoms with van der Waals surface area (Å²) in [6.45, 7) is 5.29. The van der Waals surface area contributed by atoms with Gasteiger partial charge in [0.05, 0.1) is 5.69 Å². The molecule has 2 aromatic rings. The maximum atomic E-state index is 13.1. The smallest absolute Gasteiger partial charge is 0.276 e. The van der Waals surface area contributed by atoms with Crippen molar-refractivity contribution in [2.75, 3.05) is 18.9 Å². The lowest BCUT2D eigenvalue weighted by atomic mass is 9.97. The van der Waals surface area contributed by atoms with Crippen LogP contribution in [0.5, 0.6) is 0 Å². The van der Waals surface area contributed by atoms with Gasteiger partial charge in [-0.25, -0.2) is 14.4 Å². The Hall–Kier alpha value is -3.40. The van der Waals surface area contributed by atoms with Crippen molar-refractivity contribution in [3.05, 3.63) is 59.4 Å². The van der Waals surface area contributed by atoms with Crippen molar-refractivity contribution in [1.29, 1.82) is 0 Å². The fourth-order valence-corrected chi connectivity index (χ4v) is 3.92. The van der Waals surface area contributed by atoms with Gasteiger partial charge in [-0.05, 0) is 56.0 Å². The van der Waals surface area contributed by atoms with Crippen molar-refractivity contribution < 1.29 is 9.18 Å². The van der Waals surface area contributed by atoms with Crippen molar-refractivity contribution in [1.82, 2.24) is 20.2 Å². The number of hydrogen-bond acceptors (Lipinski definition) is 8. The Balaban J connectivity index is 1.61. The second kappa shape index (κ2) is 11.5. The lowest BCUT2D eigenvalue weighted by molar-refractivity contribution is -0.130. The highest BCUT2D eigenvalue weighted by atomic mass is 19.1. The van der Waals surface area contributed by atoms with E-state index in [1.165, 1.54) is 25.4 Å². The average Bonchev–Trinajstić information content (AvgIpc) is 2.82. The monoisotopic (exact) mass is 454 g/mol. The number of azo groups is 1. The summed E-state index contributed by atoms with van der Waals surface area (Å²) in [4.78, 5) is 23.5. The Morgan fingerprint density at radius 3 is 2.76 bits per heavy atom. The van der Waals surface area contributed by atoms with E-state index in [1.807, 2.05) is 13.1 Å². The normalized spacial score (nSPS) is 19.2. The molecule has 10 heteroatoms. The summed E-state index contributed by atoms with van der Waals surface area (Å²) in [5, 5.41) is 14.2. The zero-order chi connectivity index (χ0) is 23.8. The summed E-state index contributed by atoms with van der Waals surface area (Å²) < 4.78 is 13.1. The highest BCUT2D eigenvalue weighted by molar-refractivity contribution is 5.93. The molecule has 9 nitrogen and oxygen atoms in total. The van der Waals surface area contributed by atoms with Crippen molar-refractivity contribution in [3.8, 4) is 0 Å². The van der Waals surface area contributed by atoms with E-state index in [0.29, 0.717) is 19.0 Å². The molecule has 1 aliphatic heterocycles. The van der Waals surface area contributed by atoms with Gasteiger partial charge >= 0.3 is 0 Å². The van der Waals surface area contributed by atoms with E-state index in [4.69, 9.17) is 5.73 Å². The van der Waals surface area contributed by atoms with Gasteiger partial charge in [-0.15, -0.1) is 5.11 Å². The number of aryl methyl sites for hydroxylation is 1. The number of anilines is 2. The van der Waals surface area contributed by atoms with E-state index in [1.54, 1.807) is 17.0 Å². The Labute approximate surface area is 193 Å². The number of likely N-dealkylation sites (tertiary alicyclic amines) is 1. The van der Waals surface area contributed by atoms with Gasteiger partial charge in [0.2, 0.25) is 5.95 Å². The predicted molar refractivity (Wildman–Crippen MR) is 125 cm³/mol. The Bertz CT molecular complexity index is 1010. The zero-order valence-corrected chi connectivity index (χ0v) is 19.3. The molecule has 2 atom stereocenters. The molecule has 0 saturated carbocycles. The molecule has 3 rings (SSSR count). The van der Waals surface area contributed by atoms with Crippen LogP contribution in [0.1, 0.15) is 37.9 Å². The summed E-state index contributed by atoms with van der Waals surface area (Å²) in [5.41, 5.74) is 8.40. The standard InChI is InChI=1S/C23H31FN8O/c1-4-16-13-28-23(29-18-7-5-17(24)6-8-18)30-21(16)14-27-19-9-10-32(15(2)11-19)22(33)20(12-25)31-26-3/h5-8,12-13,15,19,27H,4,9-11,14,25H2,1-3H3,(H,28,29,30)/b20-12-,31-26-/t15-,19-/m1/s1. The Morgan fingerprint density at radius 1 is 1.36 bits per heavy atom. The van der Waals surface area contributed by atoms with E-state index in [2.05, 4.69) is 37.8 Å². The lowest BCUT2D eigenvalue weighted by Crippen LogP contribution is -2.50. The quantitative estimate of drug-likeness (QED) is 0.416. The molecule has 1 aromatic carbocycles. The molecule has 2 heterocycles. The molecule has 1 aromatic heterocycles. The highest BCUT2D eigenvalue weighted by Gasteiger charge is 2.30. The van der Waals surface area contributed by atoms with Crippen LogP contribution in [0, 0.1) is 5.82 Å². The van der Waals surface area contributed by atoms with Gasteiger partial charge in [0.25, 0.3) is 5.91 Å². The topological polar surface area (TPSA) is 121 Å². The number of carbonyl (C=O) groups excluding carboxylic acids is 1. The van der Waals surface area contributed by atoms with Crippen LogP contribution in [-0.2, 0) is 17.8 Å². The second-order valence-electron chi connectivity index (χ2n) is 7.95. The number of benzene rings is 1. The SMILES string of the molecule is CCc1cnc(Nc2ccc(F)cc2)nc1CN[C@@H]1CCN(C(=O)C(=C/N)/N=N\C)[C@H](C)C1. The first-order valence-electron chi connectivity index (χ1n) is 11.1. The summed E-state index contributed by atoms with van der Waals surface area (Å²) in [6.07, 6.45) is 5.45. The lowest BCUT2D eigenvalue weighted by Gasteiger charge is -2.38. The minimum atomic E-state index is -0.292. The third-order valence-corrected chi connectivity index (χ3v) is 5.72. The molecule has 0 aliphatic carbocycles. The van der Waals surface area contributed by atoms with Crippen molar-refractivity contribution in [2.45, 2.75) is 51.7 Å². The molecule has 1 aliphatic rings. The van der Waals surface area contributed by atoms with Crippen molar-refractivity contribution >= 4 is 17.5 Å². The number of hydrogen-bond donors (Lipinski definition) is 3. The molecule has 0 bridgehead atoms. The Kier molecular flexibility index (Phi) is 8.42. The number of halogens is 1. The maximum Gasteiger partial charge on any atom is 0.276 e. The Morgan fingerprint density at radius 2 is 2.12 bits per heavy atom. The van der Waals surface area contributed by atoms with Gasteiger partial charge in [0, 0.05) is 50.3 Å². The van der Waals surface area contributed by atoms with Crippen LogP contribution in [0.3, 0.4) is 0 Å². The van der Waals surface area contributed by atoms with Gasteiger partial charge in [-0.3, -0.25) is 4.79 Å². The number of rotatable bonds is 8. The number of nitrogens with two attached hydrogens (primary N) is 1. The van der Waals surface area contributed by atoms with Gasteiger partial charge in [0.15, 0.2) is 5.70 Å². The van der Waals surface area contributed by atoms with Gasteiger partial charge in [-0.2, -0.15) is 5.11 Å². The van der Waals surface area contributed by atoms with E-state index in [0.717, 1.165) is 36.2 Å². The number of nitrogens with zero attached hydrogens (tertiary/aromatic N) is 5. The van der Waals surface area contributed by atoms with E-state index < -0.39 is 0 Å². The van der Waals surface area contributed by atoms with E-state index in [9.17, 15) is 9.18 Å². The molecule has 0 spiro atoms. The van der Waals surface area contributed by atoms with Crippen LogP contribution in [0.2, 0.25) is 0 Å². The molecular weight excluding hydrogens is 423 g/mol. The van der Waals surface area contributed by atoms with E-state index in [-0.39, 0.29) is 29.5 Å². The summed E-state index contributed by atoms with van der Waals surface area (Å²) in [6, 6.07) is 6.36. The second-order valence-corrected chi connectivity index (χ2v) is 7.95. The number of amides is 1. The van der Waals surface area contributed by atoms with Gasteiger partial charge < -0.3 is 21.3 Å². The molecule has 1 amide bonds. The van der Waals surface area contributed by atoms with Crippen LogP contribution < -0.4 is 16.4 Å². The minimum absolute atomic E-state index is 0.0394. The fourth-order valence-electron chi connectivity index (χ4n) is 3.92. The molecule has 0 radical (unpaired) electrons. The largest absolute Gasteiger partial charge is 0.403 e. The fraction of sp³-hybridized carbons (Fsp3) is 0.435. The number of piperidine rings is 1. The summed E-state index contributed by atoms with van der Waals surface area (Å²) in [7, 11) is 1.51. The molecule has 4 N–H and O–H groups in total. The minimum Gasteiger partial charge on any atom is -0.403 e. The van der Waals surface area contributed by atoms with Crippen molar-refractivity contribution in [3.63, 3.8) is 0 Å². The predicted octanol–water partition coefficient (Wildman–Crippen LogP) is 3.27. The summed E-state index contributed by atoms with van der Waals surface area (Å²) in [5.74, 6) is -0.0232. The molecule has 176 valence electrons. The van der Waals surface area contributed by atoms with Crippen molar-refractivity contribution in [2.24, 2.45) is 16.0 Å². The maximum absolute atomic E-state index is 13.1. The van der Waals surface area contributed by atoms with Crippen LogP contribution in [0.25, 0.3) is 0 Å². The third kappa shape index (κ3) is 6.32.